The van der Waals surface area contributed by atoms with Crippen molar-refractivity contribution in [2.75, 3.05) is 0 Å². The first-order valence-electron chi connectivity index (χ1n) is 5.62. The summed E-state index contributed by atoms with van der Waals surface area (Å²) in [6.45, 7) is 0.795. The van der Waals surface area contributed by atoms with E-state index < -0.39 is 0 Å². The van der Waals surface area contributed by atoms with Crippen LogP contribution < -0.4 is 21.4 Å². The molecule has 0 unspecified atom stereocenters. The SMILES string of the molecule is Cn1cc(CNCc2csc(=O)[nH]2)c(=O)n(C)c1=O. The van der Waals surface area contributed by atoms with Gasteiger partial charge in [-0.2, -0.15) is 0 Å². The van der Waals surface area contributed by atoms with Gasteiger partial charge in [-0.15, -0.1) is 0 Å². The van der Waals surface area contributed by atoms with Gasteiger partial charge < -0.3 is 14.9 Å². The van der Waals surface area contributed by atoms with Crippen molar-refractivity contribution < 1.29 is 0 Å². The summed E-state index contributed by atoms with van der Waals surface area (Å²) >= 11 is 1.10. The summed E-state index contributed by atoms with van der Waals surface area (Å²) in [5.74, 6) is 0. The number of H-pyrrole nitrogens is 1. The highest BCUT2D eigenvalue weighted by molar-refractivity contribution is 7.07. The van der Waals surface area contributed by atoms with Crippen LogP contribution >= 0.6 is 11.3 Å². The molecule has 0 bridgehead atoms. The molecule has 7 nitrogen and oxygen atoms in total. The van der Waals surface area contributed by atoms with Crippen molar-refractivity contribution >= 4 is 11.3 Å². The molecule has 0 aliphatic rings. The Hall–Kier alpha value is -1.93. The lowest BCUT2D eigenvalue weighted by atomic mass is 10.3. The molecule has 2 heterocycles. The van der Waals surface area contributed by atoms with Crippen LogP contribution in [0.25, 0.3) is 0 Å². The number of nitrogens with one attached hydrogen (secondary N) is 2. The molecule has 0 spiro atoms. The van der Waals surface area contributed by atoms with E-state index in [1.54, 1.807) is 12.4 Å². The lowest BCUT2D eigenvalue weighted by molar-refractivity contribution is 0.626. The minimum atomic E-state index is -0.351. The van der Waals surface area contributed by atoms with Gasteiger partial charge >= 0.3 is 10.6 Å². The van der Waals surface area contributed by atoms with E-state index in [-0.39, 0.29) is 16.1 Å². The third-order valence-corrected chi connectivity index (χ3v) is 3.44. The van der Waals surface area contributed by atoms with Crippen molar-refractivity contribution in [3.63, 3.8) is 0 Å². The lowest BCUT2D eigenvalue weighted by Crippen LogP contribution is -2.39. The molecule has 0 fully saturated rings. The van der Waals surface area contributed by atoms with Crippen LogP contribution in [-0.4, -0.2) is 14.1 Å². The molecule has 0 atom stereocenters. The highest BCUT2D eigenvalue weighted by atomic mass is 32.1. The summed E-state index contributed by atoms with van der Waals surface area (Å²) in [5.41, 5.74) is 0.615. The molecule has 0 aliphatic carbocycles. The van der Waals surface area contributed by atoms with Gasteiger partial charge in [-0.3, -0.25) is 14.2 Å². The summed E-state index contributed by atoms with van der Waals surface area (Å²) in [4.78, 5) is 36.9. The largest absolute Gasteiger partial charge is 0.330 e. The third-order valence-electron chi connectivity index (χ3n) is 2.72. The molecule has 0 amide bonds. The summed E-state index contributed by atoms with van der Waals surface area (Å²) in [6, 6.07) is 0. The number of thiazole rings is 1. The molecule has 2 aromatic rings. The molecule has 19 heavy (non-hydrogen) atoms. The number of aryl methyl sites for hydroxylation is 1. The Morgan fingerprint density at radius 1 is 1.26 bits per heavy atom. The predicted molar refractivity (Wildman–Crippen MR) is 72.4 cm³/mol. The van der Waals surface area contributed by atoms with Crippen LogP contribution in [0.2, 0.25) is 0 Å². The molecule has 0 aliphatic heterocycles. The zero-order chi connectivity index (χ0) is 14.0. The Bertz CT molecular complexity index is 752. The standard InChI is InChI=1S/C11H14N4O3S/c1-14-5-7(9(16)15(2)11(14)18)3-12-4-8-6-19-10(17)13-8/h5-6,12H,3-4H2,1-2H3,(H,13,17). The Balaban J connectivity index is 2.10. The Labute approximate surface area is 112 Å². The summed E-state index contributed by atoms with van der Waals surface area (Å²) in [5, 5.41) is 4.78. The minimum absolute atomic E-state index is 0.102. The van der Waals surface area contributed by atoms with E-state index in [1.165, 1.54) is 17.8 Å². The van der Waals surface area contributed by atoms with Crippen LogP contribution in [0.1, 0.15) is 11.3 Å². The Morgan fingerprint density at radius 3 is 2.63 bits per heavy atom. The summed E-state index contributed by atoms with van der Waals surface area (Å²) < 4.78 is 2.44. The van der Waals surface area contributed by atoms with Crippen LogP contribution in [0, 0.1) is 0 Å². The highest BCUT2D eigenvalue weighted by Crippen LogP contribution is 1.95. The van der Waals surface area contributed by atoms with Crippen molar-refractivity contribution in [2.24, 2.45) is 14.1 Å². The van der Waals surface area contributed by atoms with Crippen LogP contribution in [-0.2, 0) is 27.2 Å². The Morgan fingerprint density at radius 2 is 2.00 bits per heavy atom. The molecule has 2 N–H and O–H groups in total. The average Bonchev–Trinajstić information content (AvgIpc) is 2.79. The van der Waals surface area contributed by atoms with Crippen molar-refractivity contribution in [1.82, 2.24) is 19.4 Å². The fraction of sp³-hybridized carbons (Fsp3) is 0.364. The van der Waals surface area contributed by atoms with Crippen LogP contribution in [0.15, 0.2) is 26.0 Å². The fourth-order valence-electron chi connectivity index (χ4n) is 1.74. The quantitative estimate of drug-likeness (QED) is 0.762. The van der Waals surface area contributed by atoms with Gasteiger partial charge in [-0.25, -0.2) is 4.79 Å². The first kappa shape index (κ1) is 13.5. The molecule has 102 valence electrons. The number of nitrogens with zero attached hydrogens (tertiary/aromatic N) is 2. The second-order valence-electron chi connectivity index (χ2n) is 4.19. The summed E-state index contributed by atoms with van der Waals surface area (Å²) in [7, 11) is 3.05. The van der Waals surface area contributed by atoms with Crippen molar-refractivity contribution in [2.45, 2.75) is 13.1 Å². The predicted octanol–water partition coefficient (Wildman–Crippen LogP) is -0.876. The van der Waals surface area contributed by atoms with Gasteiger partial charge in [0, 0.05) is 50.0 Å². The van der Waals surface area contributed by atoms with E-state index in [2.05, 4.69) is 10.3 Å². The van der Waals surface area contributed by atoms with E-state index in [4.69, 9.17) is 0 Å². The zero-order valence-corrected chi connectivity index (χ0v) is 11.4. The molecular weight excluding hydrogens is 268 g/mol. The van der Waals surface area contributed by atoms with E-state index in [9.17, 15) is 14.4 Å². The molecule has 0 radical (unpaired) electrons. The number of rotatable bonds is 4. The first-order valence-corrected chi connectivity index (χ1v) is 6.50. The summed E-state index contributed by atoms with van der Waals surface area (Å²) in [6.07, 6.45) is 1.52. The maximum atomic E-state index is 11.8. The van der Waals surface area contributed by atoms with Crippen molar-refractivity contribution in [3.8, 4) is 0 Å². The van der Waals surface area contributed by atoms with E-state index in [0.29, 0.717) is 18.7 Å². The lowest BCUT2D eigenvalue weighted by Gasteiger charge is -2.07. The smallest absolute Gasteiger partial charge is 0.315 e. The van der Waals surface area contributed by atoms with Gasteiger partial charge in [0.1, 0.15) is 0 Å². The topological polar surface area (TPSA) is 88.9 Å². The van der Waals surface area contributed by atoms with E-state index in [1.807, 2.05) is 0 Å². The third kappa shape index (κ3) is 2.91. The van der Waals surface area contributed by atoms with Gasteiger partial charge in [-0.1, -0.05) is 11.3 Å². The van der Waals surface area contributed by atoms with Gasteiger partial charge in [0.25, 0.3) is 5.56 Å². The molecule has 0 aromatic carbocycles. The van der Waals surface area contributed by atoms with Crippen LogP contribution in [0.3, 0.4) is 0 Å². The number of hydrogen-bond acceptors (Lipinski definition) is 5. The molecule has 2 rings (SSSR count). The average molecular weight is 282 g/mol. The maximum absolute atomic E-state index is 11.8. The second kappa shape index (κ2) is 5.37. The highest BCUT2D eigenvalue weighted by Gasteiger charge is 2.06. The monoisotopic (exact) mass is 282 g/mol. The normalized spacial score (nSPS) is 10.8. The van der Waals surface area contributed by atoms with Crippen LogP contribution in [0.4, 0.5) is 0 Å². The first-order chi connectivity index (χ1) is 8.99. The number of hydrogen-bond donors (Lipinski definition) is 2. The molecular formula is C11H14N4O3S. The van der Waals surface area contributed by atoms with Crippen LogP contribution in [0.5, 0.6) is 0 Å². The number of aromatic nitrogens is 3. The molecule has 8 heteroatoms. The zero-order valence-electron chi connectivity index (χ0n) is 10.6. The van der Waals surface area contributed by atoms with Gasteiger partial charge in [0.05, 0.1) is 0 Å². The second-order valence-corrected chi connectivity index (χ2v) is 5.03. The molecule has 0 saturated carbocycles. The van der Waals surface area contributed by atoms with Gasteiger partial charge in [-0.05, 0) is 0 Å². The molecule has 0 saturated heterocycles. The number of aromatic amines is 1. The van der Waals surface area contributed by atoms with E-state index in [0.717, 1.165) is 21.6 Å². The molecule has 2 aromatic heterocycles. The van der Waals surface area contributed by atoms with E-state index >= 15 is 0 Å². The minimum Gasteiger partial charge on any atom is -0.315 e. The van der Waals surface area contributed by atoms with Crippen molar-refractivity contribution in [3.05, 3.63) is 53.3 Å². The Kier molecular flexibility index (Phi) is 3.82. The fourth-order valence-corrected chi connectivity index (χ4v) is 2.32. The van der Waals surface area contributed by atoms with Crippen molar-refractivity contribution in [1.29, 1.82) is 0 Å². The maximum Gasteiger partial charge on any atom is 0.330 e. The van der Waals surface area contributed by atoms with Gasteiger partial charge in [0.2, 0.25) is 0 Å². The van der Waals surface area contributed by atoms with Gasteiger partial charge in [0.15, 0.2) is 0 Å².